The molecule has 3 heteroatoms. The van der Waals surface area contributed by atoms with Crippen molar-refractivity contribution in [3.63, 3.8) is 0 Å². The van der Waals surface area contributed by atoms with E-state index in [-0.39, 0.29) is 0 Å². The quantitative estimate of drug-likeness (QED) is 0.804. The van der Waals surface area contributed by atoms with E-state index in [0.29, 0.717) is 23.9 Å². The molecule has 0 aliphatic carbocycles. The van der Waals surface area contributed by atoms with Crippen molar-refractivity contribution in [1.29, 1.82) is 0 Å². The maximum Gasteiger partial charge on any atom is 0.143 e. The zero-order valence-corrected chi connectivity index (χ0v) is 10.3. The Labute approximate surface area is 100 Å². The third-order valence-electron chi connectivity index (χ3n) is 2.86. The van der Waals surface area contributed by atoms with Gasteiger partial charge in [-0.05, 0) is 30.2 Å². The molecular weight excluding hydrogens is 220 g/mol. The number of Topliss-reactive ketones (excluding diaryl/α,β-unsaturated/α-hetero) is 1. The molecule has 0 bridgehead atoms. The van der Waals surface area contributed by atoms with Crippen molar-refractivity contribution in [1.82, 2.24) is 0 Å². The van der Waals surface area contributed by atoms with Crippen molar-refractivity contribution in [2.45, 2.75) is 18.8 Å². The maximum atomic E-state index is 11.7. The number of para-hydroxylation sites is 1. The van der Waals surface area contributed by atoms with Gasteiger partial charge in [0, 0.05) is 6.42 Å². The molecule has 0 saturated heterocycles. The predicted octanol–water partition coefficient (Wildman–Crippen LogP) is 2.87. The van der Waals surface area contributed by atoms with Crippen LogP contribution in [0.4, 0.5) is 0 Å². The summed E-state index contributed by atoms with van der Waals surface area (Å²) in [4.78, 5) is 11.7. The second-order valence-electron chi connectivity index (χ2n) is 4.05. The molecule has 1 aromatic carbocycles. The van der Waals surface area contributed by atoms with E-state index in [1.54, 1.807) is 11.8 Å². The number of hydrogen-bond donors (Lipinski definition) is 0. The molecule has 86 valence electrons. The van der Waals surface area contributed by atoms with Crippen LogP contribution in [0.3, 0.4) is 0 Å². The lowest BCUT2D eigenvalue weighted by atomic mass is 9.89. The molecule has 0 radical (unpaired) electrons. The molecule has 16 heavy (non-hydrogen) atoms. The number of benzene rings is 1. The van der Waals surface area contributed by atoms with Crippen molar-refractivity contribution < 1.29 is 9.53 Å². The highest BCUT2D eigenvalue weighted by Gasteiger charge is 2.22. The second kappa shape index (κ2) is 5.39. The zero-order chi connectivity index (χ0) is 11.4. The van der Waals surface area contributed by atoms with E-state index < -0.39 is 0 Å². The summed E-state index contributed by atoms with van der Waals surface area (Å²) in [5.41, 5.74) is 1.20. The zero-order valence-electron chi connectivity index (χ0n) is 9.44. The van der Waals surface area contributed by atoms with Crippen molar-refractivity contribution in [3.05, 3.63) is 29.8 Å². The Balaban J connectivity index is 2.10. The number of thioether (sulfide) groups is 1. The number of fused-ring (bicyclic) bond motifs is 1. The minimum atomic E-state index is 0.342. The summed E-state index contributed by atoms with van der Waals surface area (Å²) in [6.07, 6.45) is 3.58. The standard InChI is InChI=1S/C13H16O2S/c1-16-9-11(14)8-10-6-7-15-13-5-3-2-4-12(10)13/h2-5,10H,6-9H2,1H3. The number of ether oxygens (including phenoxy) is 1. The lowest BCUT2D eigenvalue weighted by Crippen LogP contribution is -2.17. The van der Waals surface area contributed by atoms with Gasteiger partial charge >= 0.3 is 0 Å². The molecule has 1 aliphatic heterocycles. The van der Waals surface area contributed by atoms with Gasteiger partial charge in [-0.1, -0.05) is 18.2 Å². The van der Waals surface area contributed by atoms with Gasteiger partial charge in [0.25, 0.3) is 0 Å². The Hall–Kier alpha value is -0.960. The summed E-state index contributed by atoms with van der Waals surface area (Å²) in [7, 11) is 0. The third-order valence-corrected chi connectivity index (χ3v) is 3.47. The SMILES string of the molecule is CSCC(=O)CC1CCOc2ccccc21. The maximum absolute atomic E-state index is 11.7. The molecule has 2 rings (SSSR count). The predicted molar refractivity (Wildman–Crippen MR) is 67.3 cm³/mol. The topological polar surface area (TPSA) is 26.3 Å². The van der Waals surface area contributed by atoms with Crippen molar-refractivity contribution in [3.8, 4) is 5.75 Å². The van der Waals surface area contributed by atoms with Crippen LogP contribution in [0, 0.1) is 0 Å². The molecule has 0 amide bonds. The van der Waals surface area contributed by atoms with Crippen molar-refractivity contribution >= 4 is 17.5 Å². The minimum absolute atomic E-state index is 0.342. The summed E-state index contributed by atoms with van der Waals surface area (Å²) in [5, 5.41) is 0. The monoisotopic (exact) mass is 236 g/mol. The van der Waals surface area contributed by atoms with E-state index in [1.165, 1.54) is 5.56 Å². The molecule has 2 nitrogen and oxygen atoms in total. The highest BCUT2D eigenvalue weighted by molar-refractivity contribution is 7.99. The molecule has 1 aliphatic rings. The van der Waals surface area contributed by atoms with E-state index in [2.05, 4.69) is 6.07 Å². The van der Waals surface area contributed by atoms with Crippen LogP contribution in [0.2, 0.25) is 0 Å². The Bertz CT molecular complexity index is 376. The van der Waals surface area contributed by atoms with Crippen LogP contribution >= 0.6 is 11.8 Å². The molecular formula is C13H16O2S. The van der Waals surface area contributed by atoms with Crippen LogP contribution in [0.1, 0.15) is 24.3 Å². The van der Waals surface area contributed by atoms with Gasteiger partial charge < -0.3 is 4.74 Å². The Morgan fingerprint density at radius 2 is 2.31 bits per heavy atom. The normalized spacial score (nSPS) is 18.7. The summed E-state index contributed by atoms with van der Waals surface area (Å²) < 4.78 is 5.58. The van der Waals surface area contributed by atoms with Gasteiger partial charge in [0.2, 0.25) is 0 Å². The molecule has 0 aromatic heterocycles. The van der Waals surface area contributed by atoms with Gasteiger partial charge in [0.1, 0.15) is 11.5 Å². The van der Waals surface area contributed by atoms with Gasteiger partial charge in [-0.3, -0.25) is 4.79 Å². The second-order valence-corrected chi connectivity index (χ2v) is 4.91. The van der Waals surface area contributed by atoms with Crippen molar-refractivity contribution in [2.75, 3.05) is 18.6 Å². The Kier molecular flexibility index (Phi) is 3.88. The van der Waals surface area contributed by atoms with E-state index in [0.717, 1.165) is 18.8 Å². The first-order valence-corrected chi connectivity index (χ1v) is 6.93. The summed E-state index contributed by atoms with van der Waals surface area (Å²) >= 11 is 1.60. The Morgan fingerprint density at radius 3 is 3.12 bits per heavy atom. The summed E-state index contributed by atoms with van der Waals surface area (Å²) in [6.45, 7) is 0.730. The highest BCUT2D eigenvalue weighted by Crippen LogP contribution is 2.35. The largest absolute Gasteiger partial charge is 0.493 e. The first-order valence-electron chi connectivity index (χ1n) is 5.53. The third kappa shape index (κ3) is 2.59. The molecule has 1 aromatic rings. The van der Waals surface area contributed by atoms with Gasteiger partial charge in [-0.25, -0.2) is 0 Å². The smallest absolute Gasteiger partial charge is 0.143 e. The van der Waals surface area contributed by atoms with E-state index in [9.17, 15) is 4.79 Å². The van der Waals surface area contributed by atoms with Crippen LogP contribution in [0.25, 0.3) is 0 Å². The van der Waals surface area contributed by atoms with Crippen LogP contribution in [-0.2, 0) is 4.79 Å². The van der Waals surface area contributed by atoms with Crippen LogP contribution in [0.5, 0.6) is 5.75 Å². The van der Waals surface area contributed by atoms with Crippen molar-refractivity contribution in [2.24, 2.45) is 0 Å². The van der Waals surface area contributed by atoms with E-state index in [4.69, 9.17) is 4.74 Å². The number of carbonyl (C=O) groups is 1. The minimum Gasteiger partial charge on any atom is -0.493 e. The van der Waals surface area contributed by atoms with Gasteiger partial charge in [-0.15, -0.1) is 0 Å². The average molecular weight is 236 g/mol. The first kappa shape index (κ1) is 11.5. The fraction of sp³-hybridized carbons (Fsp3) is 0.462. The number of carbonyl (C=O) groups excluding carboxylic acids is 1. The fourth-order valence-electron chi connectivity index (χ4n) is 2.12. The summed E-state index contributed by atoms with van der Waals surface area (Å²) in [5.74, 6) is 2.27. The first-order chi connectivity index (χ1) is 7.81. The molecule has 0 N–H and O–H groups in total. The lowest BCUT2D eigenvalue weighted by molar-refractivity contribution is -0.117. The molecule has 1 atom stereocenters. The fourth-order valence-corrected chi connectivity index (χ4v) is 2.56. The lowest BCUT2D eigenvalue weighted by Gasteiger charge is -2.25. The van der Waals surface area contributed by atoms with Crippen LogP contribution in [-0.4, -0.2) is 24.4 Å². The number of ketones is 1. The molecule has 1 unspecified atom stereocenters. The van der Waals surface area contributed by atoms with E-state index >= 15 is 0 Å². The van der Waals surface area contributed by atoms with Gasteiger partial charge in [0.05, 0.1) is 12.4 Å². The Morgan fingerprint density at radius 1 is 1.50 bits per heavy atom. The van der Waals surface area contributed by atoms with Gasteiger partial charge in [0.15, 0.2) is 0 Å². The average Bonchev–Trinajstić information content (AvgIpc) is 2.30. The summed E-state index contributed by atoms with van der Waals surface area (Å²) in [6, 6.07) is 8.05. The highest BCUT2D eigenvalue weighted by atomic mass is 32.2. The van der Waals surface area contributed by atoms with Crippen LogP contribution < -0.4 is 4.74 Å². The molecule has 0 fully saturated rings. The van der Waals surface area contributed by atoms with E-state index in [1.807, 2.05) is 24.5 Å². The number of rotatable bonds is 4. The molecule has 0 saturated carbocycles. The van der Waals surface area contributed by atoms with Crippen LogP contribution in [0.15, 0.2) is 24.3 Å². The molecule has 1 heterocycles. The molecule has 0 spiro atoms. The number of hydrogen-bond acceptors (Lipinski definition) is 3. The van der Waals surface area contributed by atoms with Gasteiger partial charge in [-0.2, -0.15) is 11.8 Å².